The Kier molecular flexibility index (Phi) is 4.57. The topological polar surface area (TPSA) is 17.1 Å². The molecule has 1 unspecified atom stereocenters. The molecule has 70 valence electrons. The highest BCUT2D eigenvalue weighted by Crippen LogP contribution is 2.30. The molecule has 1 rings (SSSR count). The second kappa shape index (κ2) is 5.23. The lowest BCUT2D eigenvalue weighted by atomic mass is 10.2. The van der Waals surface area contributed by atoms with Gasteiger partial charge in [-0.15, -0.1) is 0 Å². The lowest BCUT2D eigenvalue weighted by Crippen LogP contribution is -1.94. The van der Waals surface area contributed by atoms with E-state index in [-0.39, 0.29) is 5.52 Å². The fourth-order valence-electron chi connectivity index (χ4n) is 0.964. The summed E-state index contributed by atoms with van der Waals surface area (Å²) in [4.78, 5) is 11.6. The molecule has 0 spiro atoms. The van der Waals surface area contributed by atoms with Gasteiger partial charge in [0.2, 0.25) is 0 Å². The van der Waals surface area contributed by atoms with E-state index in [1.807, 2.05) is 25.1 Å². The monoisotopic (exact) mass is 322 g/mol. The van der Waals surface area contributed by atoms with Gasteiger partial charge in [0, 0.05) is 8.95 Å². The Morgan fingerprint density at radius 3 is 2.38 bits per heavy atom. The third-order valence-corrected chi connectivity index (χ3v) is 3.77. The van der Waals surface area contributed by atoms with Crippen molar-refractivity contribution >= 4 is 46.0 Å². The molecule has 0 bridgehead atoms. The molecule has 4 heteroatoms. The highest BCUT2D eigenvalue weighted by Gasteiger charge is 2.12. The first-order valence-corrected chi connectivity index (χ1v) is 6.68. The quantitative estimate of drug-likeness (QED) is 0.767. The van der Waals surface area contributed by atoms with Crippen LogP contribution in [0.5, 0.6) is 0 Å². The van der Waals surface area contributed by atoms with E-state index in [4.69, 9.17) is 0 Å². The van der Waals surface area contributed by atoms with Gasteiger partial charge in [0.25, 0.3) is 0 Å². The number of carbonyl (C=O) groups is 1. The predicted octanol–water partition coefficient (Wildman–Crippen LogP) is 4.05. The summed E-state index contributed by atoms with van der Waals surface area (Å²) in [5.41, 5.74) is 0.976. The van der Waals surface area contributed by atoms with Gasteiger partial charge in [-0.05, 0) is 58.7 Å². The van der Waals surface area contributed by atoms with Crippen LogP contribution in [0.3, 0.4) is 0 Å². The summed E-state index contributed by atoms with van der Waals surface area (Å²) in [5, 5.41) is 0. The van der Waals surface area contributed by atoms with Gasteiger partial charge < -0.3 is 0 Å². The van der Waals surface area contributed by atoms with E-state index in [9.17, 15) is 4.79 Å². The minimum atomic E-state index is 0.210. The number of halogens is 2. The third kappa shape index (κ3) is 2.87. The van der Waals surface area contributed by atoms with Gasteiger partial charge in [-0.1, -0.05) is 13.0 Å². The van der Waals surface area contributed by atoms with E-state index in [0.717, 1.165) is 20.7 Å². The standard InChI is InChI=1S/C9H9Br2OP/c1-2-13-9(12)8-6(10)4-3-5-7(8)11/h3-5,13H,2H2,1H3. The van der Waals surface area contributed by atoms with E-state index in [2.05, 4.69) is 31.9 Å². The molecule has 0 saturated heterocycles. The van der Waals surface area contributed by atoms with Crippen molar-refractivity contribution in [2.24, 2.45) is 0 Å². The highest BCUT2D eigenvalue weighted by molar-refractivity contribution is 9.11. The molecular weight excluding hydrogens is 315 g/mol. The first kappa shape index (κ1) is 11.4. The summed E-state index contributed by atoms with van der Waals surface area (Å²) in [6, 6.07) is 5.68. The second-order valence-electron chi connectivity index (χ2n) is 2.46. The van der Waals surface area contributed by atoms with Crippen LogP contribution in [0.4, 0.5) is 0 Å². The molecule has 0 saturated carbocycles. The Balaban J connectivity index is 3.05. The van der Waals surface area contributed by atoms with E-state index < -0.39 is 0 Å². The minimum absolute atomic E-state index is 0.210. The average Bonchev–Trinajstić information content (AvgIpc) is 2.04. The number of hydrogen-bond donors (Lipinski definition) is 0. The average molecular weight is 324 g/mol. The van der Waals surface area contributed by atoms with Gasteiger partial charge in [-0.2, -0.15) is 0 Å². The van der Waals surface area contributed by atoms with Gasteiger partial charge in [-0.25, -0.2) is 0 Å². The van der Waals surface area contributed by atoms with Crippen LogP contribution in [0, 0.1) is 0 Å². The van der Waals surface area contributed by atoms with Crippen molar-refractivity contribution in [1.29, 1.82) is 0 Å². The van der Waals surface area contributed by atoms with Gasteiger partial charge >= 0.3 is 0 Å². The Morgan fingerprint density at radius 1 is 1.38 bits per heavy atom. The van der Waals surface area contributed by atoms with Gasteiger partial charge in [0.05, 0.1) is 5.56 Å². The summed E-state index contributed by atoms with van der Waals surface area (Å²) in [6.07, 6.45) is 0.909. The number of rotatable bonds is 3. The SMILES string of the molecule is CCPC(=O)c1c(Br)cccc1Br. The highest BCUT2D eigenvalue weighted by atomic mass is 79.9. The van der Waals surface area contributed by atoms with Crippen LogP contribution in [0.25, 0.3) is 0 Å². The molecule has 13 heavy (non-hydrogen) atoms. The largest absolute Gasteiger partial charge is 0.289 e. The molecule has 1 aromatic carbocycles. The molecule has 0 N–H and O–H groups in total. The molecule has 1 atom stereocenters. The molecule has 0 aliphatic rings. The van der Waals surface area contributed by atoms with E-state index in [0.29, 0.717) is 8.58 Å². The fourth-order valence-corrected chi connectivity index (χ4v) is 3.46. The second-order valence-corrected chi connectivity index (χ2v) is 5.68. The minimum Gasteiger partial charge on any atom is -0.289 e. The number of hydrogen-bond acceptors (Lipinski definition) is 1. The van der Waals surface area contributed by atoms with Crippen molar-refractivity contribution in [2.45, 2.75) is 6.92 Å². The Morgan fingerprint density at radius 2 is 1.92 bits per heavy atom. The van der Waals surface area contributed by atoms with Crippen LogP contribution in [-0.2, 0) is 0 Å². The summed E-state index contributed by atoms with van der Waals surface area (Å²) in [5.74, 6) is 0. The normalized spacial score (nSPS) is 11.0. The van der Waals surface area contributed by atoms with Crippen LogP contribution >= 0.6 is 40.4 Å². The van der Waals surface area contributed by atoms with Crippen molar-refractivity contribution in [3.05, 3.63) is 32.7 Å². The van der Waals surface area contributed by atoms with Gasteiger partial charge in [0.1, 0.15) is 0 Å². The Labute approximate surface area is 96.3 Å². The van der Waals surface area contributed by atoms with Crippen molar-refractivity contribution in [3.8, 4) is 0 Å². The van der Waals surface area contributed by atoms with Crippen molar-refractivity contribution in [2.75, 3.05) is 6.16 Å². The number of benzene rings is 1. The van der Waals surface area contributed by atoms with Crippen molar-refractivity contribution in [3.63, 3.8) is 0 Å². The zero-order valence-corrected chi connectivity index (χ0v) is 11.3. The maximum Gasteiger partial charge on any atom is 0.183 e. The molecule has 1 aromatic rings. The zero-order valence-electron chi connectivity index (χ0n) is 7.10. The predicted molar refractivity (Wildman–Crippen MR) is 65.0 cm³/mol. The molecule has 0 aromatic heterocycles. The maximum atomic E-state index is 11.6. The van der Waals surface area contributed by atoms with E-state index >= 15 is 0 Å². The van der Waals surface area contributed by atoms with Gasteiger partial charge in [-0.3, -0.25) is 4.79 Å². The summed E-state index contributed by atoms with van der Waals surface area (Å²) in [7, 11) is 0.360. The van der Waals surface area contributed by atoms with Crippen LogP contribution in [0.1, 0.15) is 17.3 Å². The van der Waals surface area contributed by atoms with E-state index in [1.165, 1.54) is 0 Å². The van der Waals surface area contributed by atoms with Crippen molar-refractivity contribution in [1.82, 2.24) is 0 Å². The first-order chi connectivity index (χ1) is 6.16. The maximum absolute atomic E-state index is 11.6. The number of carbonyl (C=O) groups excluding carboxylic acids is 1. The van der Waals surface area contributed by atoms with Crippen LogP contribution in [0.2, 0.25) is 0 Å². The molecule has 0 heterocycles. The zero-order chi connectivity index (χ0) is 9.84. The smallest absolute Gasteiger partial charge is 0.183 e. The molecule has 0 fully saturated rings. The molecule has 0 aliphatic heterocycles. The Bertz CT molecular complexity index is 305. The van der Waals surface area contributed by atoms with Crippen LogP contribution in [0.15, 0.2) is 27.1 Å². The Hall–Kier alpha value is 0.280. The molecular formula is C9H9Br2OP. The molecule has 1 nitrogen and oxygen atoms in total. The summed E-state index contributed by atoms with van der Waals surface area (Å²) < 4.78 is 1.74. The fraction of sp³-hybridized carbons (Fsp3) is 0.222. The lowest BCUT2D eigenvalue weighted by molar-refractivity contribution is 0.108. The van der Waals surface area contributed by atoms with Crippen molar-refractivity contribution < 1.29 is 4.79 Å². The molecule has 0 aliphatic carbocycles. The first-order valence-electron chi connectivity index (χ1n) is 3.89. The summed E-state index contributed by atoms with van der Waals surface area (Å²) >= 11 is 6.74. The lowest BCUT2D eigenvalue weighted by Gasteiger charge is -2.04. The van der Waals surface area contributed by atoms with Crippen LogP contribution in [-0.4, -0.2) is 11.7 Å². The third-order valence-electron chi connectivity index (χ3n) is 1.53. The van der Waals surface area contributed by atoms with E-state index in [1.54, 1.807) is 0 Å². The summed E-state index contributed by atoms with van der Waals surface area (Å²) in [6.45, 7) is 2.01. The van der Waals surface area contributed by atoms with Gasteiger partial charge in [0.15, 0.2) is 5.52 Å². The molecule has 0 amide bonds. The van der Waals surface area contributed by atoms with Crippen LogP contribution < -0.4 is 0 Å². The molecule has 0 radical (unpaired) electrons.